The van der Waals surface area contributed by atoms with Crippen LogP contribution in [0.4, 0.5) is 24.0 Å². The standard InChI is InChI=1S/C17H20F3N5S/c18-17(19,20)15-22-23-16(26-15)25-8-2-7-24(9-10-25)11-13-4-1-3-12-5-6-21-14(12)13/h1,3-4,21H,2,5-11H2. The zero-order valence-electron chi connectivity index (χ0n) is 14.2. The summed E-state index contributed by atoms with van der Waals surface area (Å²) in [5, 5.41) is 10.0. The second-order valence-electron chi connectivity index (χ2n) is 6.63. The van der Waals surface area contributed by atoms with Gasteiger partial charge in [-0.25, -0.2) is 0 Å². The first-order valence-electron chi connectivity index (χ1n) is 8.73. The third-order valence-electron chi connectivity index (χ3n) is 4.84. The van der Waals surface area contributed by atoms with Crippen molar-refractivity contribution in [1.82, 2.24) is 15.1 Å². The Balaban J connectivity index is 1.41. The molecule has 0 amide bonds. The van der Waals surface area contributed by atoms with Crippen LogP contribution in [0.1, 0.15) is 22.6 Å². The van der Waals surface area contributed by atoms with Crippen molar-refractivity contribution in [3.05, 3.63) is 34.3 Å². The van der Waals surface area contributed by atoms with E-state index in [1.165, 1.54) is 16.8 Å². The molecule has 9 heteroatoms. The van der Waals surface area contributed by atoms with E-state index in [-0.39, 0.29) is 0 Å². The normalized spacial score (nSPS) is 18.5. The molecule has 2 aliphatic rings. The Labute approximate surface area is 153 Å². The third kappa shape index (κ3) is 3.64. The van der Waals surface area contributed by atoms with Gasteiger partial charge < -0.3 is 10.2 Å². The molecular formula is C17H20F3N5S. The summed E-state index contributed by atoms with van der Waals surface area (Å²) in [6, 6.07) is 6.42. The lowest BCUT2D eigenvalue weighted by Gasteiger charge is -2.22. The average molecular weight is 383 g/mol. The molecule has 140 valence electrons. The number of nitrogens with zero attached hydrogens (tertiary/aromatic N) is 4. The van der Waals surface area contributed by atoms with Gasteiger partial charge in [0.25, 0.3) is 0 Å². The van der Waals surface area contributed by atoms with E-state index >= 15 is 0 Å². The minimum atomic E-state index is -4.42. The van der Waals surface area contributed by atoms with Crippen LogP contribution in [-0.4, -0.2) is 47.8 Å². The first kappa shape index (κ1) is 17.5. The predicted octanol–water partition coefficient (Wildman–Crippen LogP) is 3.24. The summed E-state index contributed by atoms with van der Waals surface area (Å²) in [5.74, 6) is 0. The Bertz CT molecular complexity index is 776. The Hall–Kier alpha value is -1.87. The lowest BCUT2D eigenvalue weighted by molar-refractivity contribution is -0.138. The van der Waals surface area contributed by atoms with Crippen LogP contribution in [0.25, 0.3) is 0 Å². The zero-order valence-corrected chi connectivity index (χ0v) is 15.0. The molecule has 0 aliphatic carbocycles. The summed E-state index contributed by atoms with van der Waals surface area (Å²) in [5.41, 5.74) is 3.92. The van der Waals surface area contributed by atoms with Gasteiger partial charge in [0.15, 0.2) is 0 Å². The molecule has 1 aromatic heterocycles. The van der Waals surface area contributed by atoms with Crippen molar-refractivity contribution >= 4 is 22.2 Å². The van der Waals surface area contributed by atoms with Gasteiger partial charge in [-0.15, -0.1) is 10.2 Å². The summed E-state index contributed by atoms with van der Waals surface area (Å²) in [6.45, 7) is 4.92. The van der Waals surface area contributed by atoms with Crippen molar-refractivity contribution in [3.8, 4) is 0 Å². The van der Waals surface area contributed by atoms with Crippen LogP contribution in [-0.2, 0) is 19.1 Å². The number of halogens is 3. The maximum absolute atomic E-state index is 12.7. The van der Waals surface area contributed by atoms with Crippen LogP contribution < -0.4 is 10.2 Å². The number of hydrogen-bond donors (Lipinski definition) is 1. The highest BCUT2D eigenvalue weighted by Gasteiger charge is 2.36. The molecule has 5 nitrogen and oxygen atoms in total. The quantitative estimate of drug-likeness (QED) is 0.882. The van der Waals surface area contributed by atoms with Gasteiger partial charge in [-0.1, -0.05) is 29.5 Å². The van der Waals surface area contributed by atoms with Crippen LogP contribution in [0, 0.1) is 0 Å². The Kier molecular flexibility index (Phi) is 4.74. The molecule has 4 rings (SSSR count). The first-order valence-corrected chi connectivity index (χ1v) is 9.55. The van der Waals surface area contributed by atoms with Crippen molar-refractivity contribution in [3.63, 3.8) is 0 Å². The number of nitrogens with one attached hydrogen (secondary N) is 1. The summed E-state index contributed by atoms with van der Waals surface area (Å²) < 4.78 is 38.2. The van der Waals surface area contributed by atoms with Crippen LogP contribution in [0.5, 0.6) is 0 Å². The summed E-state index contributed by atoms with van der Waals surface area (Å²) >= 11 is 0.627. The Morgan fingerprint density at radius 3 is 2.81 bits per heavy atom. The highest BCUT2D eigenvalue weighted by Crippen LogP contribution is 2.34. The van der Waals surface area contributed by atoms with E-state index in [1.807, 2.05) is 4.90 Å². The van der Waals surface area contributed by atoms with Crippen molar-refractivity contribution in [2.24, 2.45) is 0 Å². The number of fused-ring (bicyclic) bond motifs is 1. The molecule has 2 aliphatic heterocycles. The lowest BCUT2D eigenvalue weighted by atomic mass is 10.1. The fourth-order valence-corrected chi connectivity index (χ4v) is 4.33. The van der Waals surface area contributed by atoms with E-state index in [0.717, 1.165) is 39.0 Å². The lowest BCUT2D eigenvalue weighted by Crippen LogP contribution is -2.30. The topological polar surface area (TPSA) is 44.3 Å². The molecule has 1 fully saturated rings. The zero-order chi connectivity index (χ0) is 18.1. The first-order chi connectivity index (χ1) is 12.5. The molecule has 1 aromatic carbocycles. The molecule has 0 spiro atoms. The van der Waals surface area contributed by atoms with Gasteiger partial charge in [0.05, 0.1) is 0 Å². The summed E-state index contributed by atoms with van der Waals surface area (Å²) in [7, 11) is 0. The fraction of sp³-hybridized carbons (Fsp3) is 0.529. The van der Waals surface area contributed by atoms with Gasteiger partial charge in [-0.05, 0) is 24.0 Å². The molecule has 1 N–H and O–H groups in total. The minimum Gasteiger partial charge on any atom is -0.384 e. The average Bonchev–Trinajstić information content (AvgIpc) is 3.22. The van der Waals surface area contributed by atoms with Gasteiger partial charge in [0.2, 0.25) is 10.1 Å². The van der Waals surface area contributed by atoms with Gasteiger partial charge in [-0.3, -0.25) is 4.90 Å². The number of aromatic nitrogens is 2. The maximum Gasteiger partial charge on any atom is 0.445 e. The number of alkyl halides is 3. The largest absolute Gasteiger partial charge is 0.445 e. The van der Waals surface area contributed by atoms with Crippen molar-refractivity contribution in [1.29, 1.82) is 0 Å². The van der Waals surface area contributed by atoms with Crippen LogP contribution in [0.2, 0.25) is 0 Å². The molecule has 0 atom stereocenters. The van der Waals surface area contributed by atoms with Crippen LogP contribution in [0.3, 0.4) is 0 Å². The molecule has 2 aromatic rings. The van der Waals surface area contributed by atoms with Gasteiger partial charge in [0.1, 0.15) is 0 Å². The Morgan fingerprint density at radius 1 is 1.12 bits per heavy atom. The molecule has 0 bridgehead atoms. The van der Waals surface area contributed by atoms with E-state index < -0.39 is 11.2 Å². The van der Waals surface area contributed by atoms with Crippen molar-refractivity contribution < 1.29 is 13.2 Å². The predicted molar refractivity (Wildman–Crippen MR) is 95.7 cm³/mol. The maximum atomic E-state index is 12.7. The number of rotatable bonds is 3. The van der Waals surface area contributed by atoms with E-state index in [0.29, 0.717) is 29.6 Å². The van der Waals surface area contributed by atoms with E-state index in [4.69, 9.17) is 0 Å². The number of hydrogen-bond acceptors (Lipinski definition) is 6. The number of benzene rings is 1. The van der Waals surface area contributed by atoms with E-state index in [1.54, 1.807) is 0 Å². The van der Waals surface area contributed by atoms with Crippen molar-refractivity contribution in [2.75, 3.05) is 42.9 Å². The van der Waals surface area contributed by atoms with Gasteiger partial charge >= 0.3 is 6.18 Å². The SMILES string of the molecule is FC(F)(F)c1nnc(N2CCCN(Cc3cccc4c3NCC4)CC2)s1. The molecule has 1 saturated heterocycles. The Morgan fingerprint density at radius 2 is 2.00 bits per heavy atom. The van der Waals surface area contributed by atoms with Gasteiger partial charge in [-0.2, -0.15) is 13.2 Å². The summed E-state index contributed by atoms with van der Waals surface area (Å²) in [4.78, 5) is 4.28. The van der Waals surface area contributed by atoms with E-state index in [2.05, 4.69) is 38.6 Å². The minimum absolute atomic E-state index is 0.362. The third-order valence-corrected chi connectivity index (χ3v) is 5.87. The monoisotopic (exact) mass is 383 g/mol. The van der Waals surface area contributed by atoms with Crippen molar-refractivity contribution in [2.45, 2.75) is 25.6 Å². The fourth-order valence-electron chi connectivity index (χ4n) is 3.56. The van der Waals surface area contributed by atoms with Crippen LogP contribution >= 0.6 is 11.3 Å². The smallest absolute Gasteiger partial charge is 0.384 e. The van der Waals surface area contributed by atoms with Crippen LogP contribution in [0.15, 0.2) is 18.2 Å². The summed E-state index contributed by atoms with van der Waals surface area (Å²) in [6.07, 6.45) is -2.46. The molecular weight excluding hydrogens is 363 g/mol. The molecule has 0 unspecified atom stereocenters. The second kappa shape index (κ2) is 7.03. The number of anilines is 2. The highest BCUT2D eigenvalue weighted by atomic mass is 32.1. The number of para-hydroxylation sites is 1. The molecule has 0 saturated carbocycles. The molecule has 3 heterocycles. The second-order valence-corrected chi connectivity index (χ2v) is 7.59. The van der Waals surface area contributed by atoms with E-state index in [9.17, 15) is 13.2 Å². The molecule has 0 radical (unpaired) electrons. The van der Waals surface area contributed by atoms with Gasteiger partial charge in [0, 0.05) is 45.0 Å². The molecule has 26 heavy (non-hydrogen) atoms. The highest BCUT2D eigenvalue weighted by molar-refractivity contribution is 7.15.